The summed E-state index contributed by atoms with van der Waals surface area (Å²) in [5.41, 5.74) is 5.72. The van der Waals surface area contributed by atoms with Crippen LogP contribution in [0, 0.1) is 0 Å². The summed E-state index contributed by atoms with van der Waals surface area (Å²) in [5, 5.41) is 11.7. The summed E-state index contributed by atoms with van der Waals surface area (Å²) < 4.78 is 7.19. The van der Waals surface area contributed by atoms with E-state index in [0.717, 1.165) is 22.2 Å². The van der Waals surface area contributed by atoms with Crippen molar-refractivity contribution in [2.24, 2.45) is 0 Å². The monoisotopic (exact) mass is 367 g/mol. The van der Waals surface area contributed by atoms with E-state index in [0.29, 0.717) is 12.2 Å². The molecule has 3 aromatic rings. The van der Waals surface area contributed by atoms with Crippen LogP contribution in [0.2, 0.25) is 0 Å². The van der Waals surface area contributed by atoms with E-state index in [1.165, 1.54) is 0 Å². The molecule has 1 aromatic heterocycles. The van der Waals surface area contributed by atoms with Crippen LogP contribution in [0.25, 0.3) is 0 Å². The first kappa shape index (κ1) is 16.5. The lowest BCUT2D eigenvalue weighted by atomic mass is 10.1. The third kappa shape index (κ3) is 3.36. The van der Waals surface area contributed by atoms with E-state index in [-0.39, 0.29) is 11.3 Å². The van der Waals surface area contributed by atoms with Gasteiger partial charge in [0.05, 0.1) is 6.61 Å². The molecule has 7 nitrogen and oxygen atoms in total. The van der Waals surface area contributed by atoms with Crippen molar-refractivity contribution in [3.05, 3.63) is 66.0 Å². The van der Waals surface area contributed by atoms with Gasteiger partial charge in [0.2, 0.25) is 5.16 Å². The minimum Gasteiger partial charge on any atom is -0.494 e. The third-order valence-corrected chi connectivity index (χ3v) is 5.00. The lowest BCUT2D eigenvalue weighted by molar-refractivity contribution is 0.102. The number of hydrogen-bond donors (Lipinski definition) is 2. The number of amides is 1. The Balaban J connectivity index is 1.39. The fraction of sp³-hybridized carbons (Fsp3) is 0.167. The van der Waals surface area contributed by atoms with Crippen LogP contribution in [0.3, 0.4) is 0 Å². The molecule has 0 bridgehead atoms. The highest BCUT2D eigenvalue weighted by Crippen LogP contribution is 2.37. The number of nitrogens with one attached hydrogen (secondary N) is 2. The minimum atomic E-state index is -0.152. The highest BCUT2D eigenvalue weighted by Gasteiger charge is 2.24. The van der Waals surface area contributed by atoms with Crippen LogP contribution in [0.5, 0.6) is 5.75 Å². The summed E-state index contributed by atoms with van der Waals surface area (Å²) in [7, 11) is 0. The van der Waals surface area contributed by atoms with Gasteiger partial charge < -0.3 is 15.5 Å². The normalized spacial score (nSPS) is 15.2. The lowest BCUT2D eigenvalue weighted by Crippen LogP contribution is -2.13. The maximum Gasteiger partial charge on any atom is 0.255 e. The molecule has 0 spiro atoms. The van der Waals surface area contributed by atoms with Crippen LogP contribution >= 0.6 is 11.8 Å². The number of nitrogens with zero attached hydrogens (tertiary/aromatic N) is 3. The second kappa shape index (κ2) is 7.09. The Hall–Kier alpha value is -3.00. The summed E-state index contributed by atoms with van der Waals surface area (Å²) >= 11 is 1.60. The molecule has 0 unspecified atom stereocenters. The van der Waals surface area contributed by atoms with Crippen LogP contribution in [-0.2, 0) is 0 Å². The van der Waals surface area contributed by atoms with Crippen molar-refractivity contribution in [2.45, 2.75) is 17.5 Å². The molecular formula is C18H17N5O2S. The molecule has 26 heavy (non-hydrogen) atoms. The first-order valence-electron chi connectivity index (χ1n) is 8.20. The fourth-order valence-electron chi connectivity index (χ4n) is 2.61. The zero-order chi connectivity index (χ0) is 17.9. The Bertz CT molecular complexity index is 888. The van der Waals surface area contributed by atoms with Gasteiger partial charge in [0.15, 0.2) is 0 Å². The Kier molecular flexibility index (Phi) is 4.49. The minimum absolute atomic E-state index is 0.0800. The number of hydrogen-bond acceptors (Lipinski definition) is 6. The third-order valence-electron chi connectivity index (χ3n) is 3.89. The summed E-state index contributed by atoms with van der Waals surface area (Å²) in [6.07, 6.45) is 1.65. The second-order valence-electron chi connectivity index (χ2n) is 5.64. The topological polar surface area (TPSA) is 81.1 Å². The highest BCUT2D eigenvalue weighted by atomic mass is 32.2. The Morgan fingerprint density at radius 2 is 2.00 bits per heavy atom. The van der Waals surface area contributed by atoms with E-state index in [9.17, 15) is 4.79 Å². The molecule has 0 saturated carbocycles. The number of carbonyl (C=O) groups excluding carboxylic acids is 1. The number of anilines is 1. The van der Waals surface area contributed by atoms with Crippen molar-refractivity contribution in [1.82, 2.24) is 14.9 Å². The lowest BCUT2D eigenvalue weighted by Gasteiger charge is -2.12. The van der Waals surface area contributed by atoms with Gasteiger partial charge in [-0.05, 0) is 48.9 Å². The molecule has 0 saturated heterocycles. The number of thioether (sulfide) groups is 1. The van der Waals surface area contributed by atoms with E-state index >= 15 is 0 Å². The zero-order valence-corrected chi connectivity index (χ0v) is 14.9. The van der Waals surface area contributed by atoms with Crippen molar-refractivity contribution < 1.29 is 9.53 Å². The molecule has 0 fully saturated rings. The second-order valence-corrected chi connectivity index (χ2v) is 6.72. The average molecular weight is 367 g/mol. The standard InChI is InChI=1S/C18H17N5O2S/c1-2-25-15-9-5-12(6-10-15)16(24)20-14-7-3-13(4-8-14)17-22-23-11-19-21-18(23)26-17/h3-11,17,22H,2H2,1H3,(H,20,24)/t17-/m0/s1. The molecular weight excluding hydrogens is 350 g/mol. The first-order chi connectivity index (χ1) is 12.7. The van der Waals surface area contributed by atoms with Crippen molar-refractivity contribution >= 4 is 23.4 Å². The number of aromatic nitrogens is 3. The number of carbonyl (C=O) groups is 1. The molecule has 132 valence electrons. The van der Waals surface area contributed by atoms with Crippen LogP contribution < -0.4 is 15.5 Å². The summed E-state index contributed by atoms with van der Waals surface area (Å²) in [5.74, 6) is 0.602. The maximum absolute atomic E-state index is 12.4. The average Bonchev–Trinajstić information content (AvgIpc) is 3.25. The summed E-state index contributed by atoms with van der Waals surface area (Å²) in [6.45, 7) is 2.53. The van der Waals surface area contributed by atoms with Gasteiger partial charge in [0, 0.05) is 11.3 Å². The van der Waals surface area contributed by atoms with Crippen molar-refractivity contribution in [2.75, 3.05) is 17.3 Å². The molecule has 1 aliphatic rings. The Morgan fingerprint density at radius 1 is 1.23 bits per heavy atom. The number of fused-ring (bicyclic) bond motifs is 1. The number of ether oxygens (including phenoxy) is 1. The molecule has 8 heteroatoms. The molecule has 2 heterocycles. The summed E-state index contributed by atoms with van der Waals surface area (Å²) in [6, 6.07) is 14.8. The quantitative estimate of drug-likeness (QED) is 0.720. The van der Waals surface area contributed by atoms with Gasteiger partial charge in [0.25, 0.3) is 5.91 Å². The molecule has 2 N–H and O–H groups in total. The fourth-order valence-corrected chi connectivity index (χ4v) is 3.59. The van der Waals surface area contributed by atoms with Gasteiger partial charge in [-0.15, -0.1) is 10.2 Å². The highest BCUT2D eigenvalue weighted by molar-refractivity contribution is 7.99. The van der Waals surface area contributed by atoms with Gasteiger partial charge in [0.1, 0.15) is 17.5 Å². The molecule has 4 rings (SSSR count). The summed E-state index contributed by atoms with van der Waals surface area (Å²) in [4.78, 5) is 12.4. The Morgan fingerprint density at radius 3 is 2.69 bits per heavy atom. The van der Waals surface area contributed by atoms with E-state index in [4.69, 9.17) is 4.74 Å². The molecule has 1 aliphatic heterocycles. The maximum atomic E-state index is 12.4. The van der Waals surface area contributed by atoms with Gasteiger partial charge >= 0.3 is 0 Å². The molecule has 2 aromatic carbocycles. The van der Waals surface area contributed by atoms with Crippen LogP contribution in [0.4, 0.5) is 5.69 Å². The zero-order valence-electron chi connectivity index (χ0n) is 14.0. The van der Waals surface area contributed by atoms with E-state index < -0.39 is 0 Å². The predicted octanol–water partition coefficient (Wildman–Crippen LogP) is 3.28. The number of benzene rings is 2. The predicted molar refractivity (Wildman–Crippen MR) is 100.0 cm³/mol. The molecule has 1 amide bonds. The Labute approximate surface area is 154 Å². The van der Waals surface area contributed by atoms with Crippen LogP contribution in [0.15, 0.2) is 60.0 Å². The smallest absolute Gasteiger partial charge is 0.255 e. The van der Waals surface area contributed by atoms with Gasteiger partial charge in [-0.3, -0.25) is 4.79 Å². The largest absolute Gasteiger partial charge is 0.494 e. The SMILES string of the molecule is CCOc1ccc(C(=O)Nc2ccc([C@H]3Nn4cnnc4S3)cc2)cc1. The van der Waals surface area contributed by atoms with Gasteiger partial charge in [-0.25, -0.2) is 4.68 Å². The van der Waals surface area contributed by atoms with Gasteiger partial charge in [-0.1, -0.05) is 23.9 Å². The first-order valence-corrected chi connectivity index (χ1v) is 9.08. The van der Waals surface area contributed by atoms with Crippen molar-refractivity contribution in [1.29, 1.82) is 0 Å². The molecule has 0 radical (unpaired) electrons. The van der Waals surface area contributed by atoms with Crippen LogP contribution in [-0.4, -0.2) is 27.4 Å². The molecule has 0 aliphatic carbocycles. The molecule has 1 atom stereocenters. The van der Waals surface area contributed by atoms with Crippen molar-refractivity contribution in [3.63, 3.8) is 0 Å². The van der Waals surface area contributed by atoms with E-state index in [1.807, 2.05) is 31.2 Å². The van der Waals surface area contributed by atoms with E-state index in [2.05, 4.69) is 20.9 Å². The van der Waals surface area contributed by atoms with E-state index in [1.54, 1.807) is 47.0 Å². The van der Waals surface area contributed by atoms with Gasteiger partial charge in [-0.2, -0.15) is 0 Å². The van der Waals surface area contributed by atoms with Crippen LogP contribution in [0.1, 0.15) is 28.2 Å². The number of rotatable bonds is 5. The van der Waals surface area contributed by atoms with Crippen molar-refractivity contribution in [3.8, 4) is 5.75 Å².